The molecule has 0 N–H and O–H groups in total. The quantitative estimate of drug-likeness (QED) is 0.439. The van der Waals surface area contributed by atoms with E-state index in [1.165, 1.54) is 0 Å². The van der Waals surface area contributed by atoms with Crippen LogP contribution in [0.4, 0.5) is 0 Å². The summed E-state index contributed by atoms with van der Waals surface area (Å²) in [4.78, 5) is 0. The minimum Gasteiger partial charge on any atom is -0.546 e. The predicted octanol–water partition coefficient (Wildman–Crippen LogP) is 6.80. The molecule has 1 aromatic rings. The molecule has 0 bridgehead atoms. The molecule has 2 aliphatic rings. The molecule has 32 heavy (non-hydrogen) atoms. The van der Waals surface area contributed by atoms with Gasteiger partial charge in [-0.2, -0.15) is 0 Å². The summed E-state index contributed by atoms with van der Waals surface area (Å²) in [7, 11) is -2.01. The lowest BCUT2D eigenvalue weighted by atomic mass is 9.85. The molecule has 2 heterocycles. The van der Waals surface area contributed by atoms with Crippen LogP contribution in [0.1, 0.15) is 54.0 Å². The highest BCUT2D eigenvalue weighted by molar-refractivity contribution is 6.74. The average molecular weight is 459 g/mol. The maximum Gasteiger partial charge on any atom is 0.250 e. The summed E-state index contributed by atoms with van der Waals surface area (Å²) in [6, 6.07) is 10.4. The number of hydrogen-bond acceptors (Lipinski definition) is 4. The van der Waals surface area contributed by atoms with Crippen LogP contribution in [-0.4, -0.2) is 39.0 Å². The van der Waals surface area contributed by atoms with Crippen LogP contribution in [0, 0.1) is 11.8 Å². The third-order valence-electron chi connectivity index (χ3n) is 6.90. The zero-order chi connectivity index (χ0) is 23.7. The highest BCUT2D eigenvalue weighted by Gasteiger charge is 2.46. The second-order valence-electron chi connectivity index (χ2n) is 11.4. The van der Waals surface area contributed by atoms with Crippen molar-refractivity contribution in [3.63, 3.8) is 0 Å². The van der Waals surface area contributed by atoms with Gasteiger partial charge in [0.1, 0.15) is 12.2 Å². The molecule has 1 aromatic carbocycles. The summed E-state index contributed by atoms with van der Waals surface area (Å²) in [5.41, 5.74) is 1.16. The van der Waals surface area contributed by atoms with Gasteiger partial charge in [0.15, 0.2) is 5.79 Å². The summed E-state index contributed by atoms with van der Waals surface area (Å²) in [6.45, 7) is 20.4. The van der Waals surface area contributed by atoms with Crippen molar-refractivity contribution in [3.05, 3.63) is 53.8 Å². The van der Waals surface area contributed by atoms with E-state index in [-0.39, 0.29) is 29.3 Å². The van der Waals surface area contributed by atoms with Crippen LogP contribution in [-0.2, 0) is 18.6 Å². The van der Waals surface area contributed by atoms with E-state index in [1.807, 2.05) is 19.9 Å². The Balaban J connectivity index is 1.96. The van der Waals surface area contributed by atoms with Gasteiger partial charge >= 0.3 is 0 Å². The third kappa shape index (κ3) is 5.93. The number of rotatable bonds is 6. The fourth-order valence-electron chi connectivity index (χ4n) is 4.01. The van der Waals surface area contributed by atoms with Gasteiger partial charge in [-0.1, -0.05) is 77.1 Å². The summed E-state index contributed by atoms with van der Waals surface area (Å²) in [6.07, 6.45) is 6.06. The van der Waals surface area contributed by atoms with Crippen molar-refractivity contribution in [2.24, 2.45) is 11.8 Å². The topological polar surface area (TPSA) is 36.9 Å². The van der Waals surface area contributed by atoms with Gasteiger partial charge in [-0.3, -0.25) is 0 Å². The first kappa shape index (κ1) is 25.2. The van der Waals surface area contributed by atoms with E-state index < -0.39 is 14.1 Å². The molecule has 5 heteroatoms. The molecule has 0 radical (unpaired) electrons. The first-order valence-corrected chi connectivity index (χ1v) is 14.8. The van der Waals surface area contributed by atoms with Gasteiger partial charge in [0.25, 0.3) is 0 Å². The highest BCUT2D eigenvalue weighted by Crippen LogP contribution is 2.43. The molecular formula is C27H42O4Si. The van der Waals surface area contributed by atoms with E-state index in [0.717, 1.165) is 11.3 Å². The molecule has 0 amide bonds. The lowest BCUT2D eigenvalue weighted by Gasteiger charge is -2.44. The van der Waals surface area contributed by atoms with E-state index >= 15 is 0 Å². The number of ether oxygens (including phenoxy) is 3. The molecule has 4 atom stereocenters. The second-order valence-corrected chi connectivity index (χ2v) is 16.1. The summed E-state index contributed by atoms with van der Waals surface area (Å²) < 4.78 is 25.6. The lowest BCUT2D eigenvalue weighted by Crippen LogP contribution is -2.47. The second kappa shape index (κ2) is 9.45. The van der Waals surface area contributed by atoms with Crippen LogP contribution in [0.15, 0.2) is 48.2 Å². The summed E-state index contributed by atoms with van der Waals surface area (Å²) in [5, 5.41) is 0.119. The maximum absolute atomic E-state index is 6.93. The Morgan fingerprint density at radius 2 is 1.78 bits per heavy atom. The fraction of sp³-hybridized carbons (Fsp3) is 0.630. The molecular weight excluding hydrogens is 416 g/mol. The molecule has 0 aromatic heterocycles. The Morgan fingerprint density at radius 3 is 2.31 bits per heavy atom. The van der Waals surface area contributed by atoms with E-state index in [2.05, 4.69) is 90.2 Å². The van der Waals surface area contributed by atoms with Gasteiger partial charge in [0.05, 0.1) is 18.5 Å². The molecule has 3 rings (SSSR count). The Bertz CT molecular complexity index is 820. The third-order valence-corrected chi connectivity index (χ3v) is 11.3. The zero-order valence-electron chi connectivity index (χ0n) is 21.3. The smallest absolute Gasteiger partial charge is 0.250 e. The Labute approximate surface area is 196 Å². The maximum atomic E-state index is 6.93. The van der Waals surface area contributed by atoms with Gasteiger partial charge in [0.2, 0.25) is 8.32 Å². The molecule has 3 unspecified atom stereocenters. The fourth-order valence-corrected chi connectivity index (χ4v) is 5.10. The largest absolute Gasteiger partial charge is 0.546 e. The first-order valence-electron chi connectivity index (χ1n) is 11.9. The Morgan fingerprint density at radius 1 is 1.12 bits per heavy atom. The normalized spacial score (nSPS) is 28.9. The Hall–Kier alpha value is -1.40. The standard InChI is InChI=1S/C27H42O4Si/c1-19(2)25-21(16-15-20-13-11-10-12-14-20)29-22(24-18-28-27(6,7)30-24)17-23(25)31-32(8,9)26(3,4)5/h10-17,19,21-22,24-25H,18H2,1-9H3/b16-15+/t21?,22?,24-,25?/m1/s1. The van der Waals surface area contributed by atoms with Crippen molar-refractivity contribution in [1.29, 1.82) is 0 Å². The molecule has 4 nitrogen and oxygen atoms in total. The van der Waals surface area contributed by atoms with Gasteiger partial charge < -0.3 is 18.6 Å². The van der Waals surface area contributed by atoms with Crippen molar-refractivity contribution in [1.82, 2.24) is 0 Å². The predicted molar refractivity (Wildman–Crippen MR) is 134 cm³/mol. The molecule has 1 saturated heterocycles. The molecule has 0 saturated carbocycles. The van der Waals surface area contributed by atoms with Crippen LogP contribution in [0.5, 0.6) is 0 Å². The average Bonchev–Trinajstić information content (AvgIpc) is 3.05. The Kier molecular flexibility index (Phi) is 7.45. The monoisotopic (exact) mass is 458 g/mol. The molecule has 0 spiro atoms. The van der Waals surface area contributed by atoms with Crippen molar-refractivity contribution < 1.29 is 18.6 Å². The van der Waals surface area contributed by atoms with Crippen LogP contribution in [0.25, 0.3) is 6.08 Å². The first-order chi connectivity index (χ1) is 14.8. The van der Waals surface area contributed by atoms with Crippen LogP contribution in [0.2, 0.25) is 18.1 Å². The van der Waals surface area contributed by atoms with Crippen LogP contribution < -0.4 is 0 Å². The van der Waals surface area contributed by atoms with Crippen LogP contribution in [0.3, 0.4) is 0 Å². The van der Waals surface area contributed by atoms with Gasteiger partial charge in [-0.05, 0) is 49.5 Å². The zero-order valence-corrected chi connectivity index (χ0v) is 22.3. The van der Waals surface area contributed by atoms with Gasteiger partial charge in [0, 0.05) is 5.92 Å². The minimum absolute atomic E-state index is 0.0997. The molecule has 1 fully saturated rings. The summed E-state index contributed by atoms with van der Waals surface area (Å²) >= 11 is 0. The van der Waals surface area contributed by atoms with Crippen molar-refractivity contribution >= 4 is 14.4 Å². The molecule has 2 aliphatic heterocycles. The number of benzene rings is 1. The molecule has 0 aliphatic carbocycles. The molecule has 178 valence electrons. The van der Waals surface area contributed by atoms with E-state index in [0.29, 0.717) is 12.5 Å². The minimum atomic E-state index is -2.01. The lowest BCUT2D eigenvalue weighted by molar-refractivity contribution is -0.159. The number of hydrogen-bond donors (Lipinski definition) is 0. The van der Waals surface area contributed by atoms with E-state index in [4.69, 9.17) is 18.6 Å². The van der Waals surface area contributed by atoms with E-state index in [1.54, 1.807) is 0 Å². The van der Waals surface area contributed by atoms with Crippen molar-refractivity contribution in [2.75, 3.05) is 6.61 Å². The van der Waals surface area contributed by atoms with Crippen molar-refractivity contribution in [3.8, 4) is 0 Å². The summed E-state index contributed by atoms with van der Waals surface area (Å²) in [5.74, 6) is 0.983. The highest BCUT2D eigenvalue weighted by atomic mass is 28.4. The van der Waals surface area contributed by atoms with E-state index in [9.17, 15) is 0 Å². The van der Waals surface area contributed by atoms with Crippen LogP contribution >= 0.6 is 0 Å². The SMILES string of the molecule is CC(C)C1C(O[Si](C)(C)C(C)(C)C)=CC([C@H]2COC(C)(C)O2)OC1/C=C/c1ccccc1. The van der Waals surface area contributed by atoms with Crippen molar-refractivity contribution in [2.45, 2.75) is 90.7 Å². The van der Waals surface area contributed by atoms with Gasteiger partial charge in [-0.15, -0.1) is 0 Å². The van der Waals surface area contributed by atoms with Gasteiger partial charge in [-0.25, -0.2) is 0 Å².